The Bertz CT molecular complexity index is 1020. The predicted molar refractivity (Wildman–Crippen MR) is 171 cm³/mol. The van der Waals surface area contributed by atoms with Gasteiger partial charge in [-0.3, -0.25) is 9.59 Å². The summed E-state index contributed by atoms with van der Waals surface area (Å²) in [6.45, 7) is 14.7. The summed E-state index contributed by atoms with van der Waals surface area (Å²) in [5.41, 5.74) is -0.589. The smallest absolute Gasteiger partial charge is 0.308 e. The first kappa shape index (κ1) is 36.4. The van der Waals surface area contributed by atoms with Gasteiger partial charge in [0.15, 0.2) is 12.1 Å². The molecule has 0 saturated carbocycles. The van der Waals surface area contributed by atoms with Gasteiger partial charge in [-0.1, -0.05) is 27.7 Å². The highest BCUT2D eigenvalue weighted by molar-refractivity contribution is 5.91. The molecule has 3 saturated heterocycles. The van der Waals surface area contributed by atoms with Crippen LogP contribution in [0.5, 0.6) is 0 Å². The number of ketones is 1. The number of aliphatic hydroxyl groups excluding tert-OH is 2. The average molecular weight is 637 g/mol. The number of cyclic esters (lactones) is 1. The number of nitrogens with zero attached hydrogens (tertiary/aromatic N) is 2. The molecule has 258 valence electrons. The van der Waals surface area contributed by atoms with Crippen molar-refractivity contribution in [3.05, 3.63) is 12.2 Å². The van der Waals surface area contributed by atoms with Crippen molar-refractivity contribution in [2.75, 3.05) is 33.7 Å². The molecule has 4 aliphatic rings. The highest BCUT2D eigenvalue weighted by Gasteiger charge is 2.55. The number of allylic oxidation sites excluding steroid dienone is 1. The molecule has 3 fully saturated rings. The third-order valence-electron chi connectivity index (χ3n) is 10.9. The number of hydrogen-bond acceptors (Lipinski definition) is 10. The van der Waals surface area contributed by atoms with Crippen LogP contribution in [0.15, 0.2) is 12.2 Å². The second kappa shape index (κ2) is 15.7. The quantitative estimate of drug-likeness (QED) is 0.317. The second-order valence-corrected chi connectivity index (χ2v) is 14.8. The van der Waals surface area contributed by atoms with Gasteiger partial charge in [-0.15, -0.1) is 0 Å². The van der Waals surface area contributed by atoms with E-state index in [1.165, 1.54) is 12.8 Å². The van der Waals surface area contributed by atoms with Crippen LogP contribution in [-0.2, 0) is 28.5 Å². The largest absolute Gasteiger partial charge is 0.462 e. The maximum atomic E-state index is 13.5. The van der Waals surface area contributed by atoms with Crippen LogP contribution in [-0.4, -0.2) is 120 Å². The van der Waals surface area contributed by atoms with Crippen LogP contribution in [0, 0.1) is 23.7 Å². The van der Waals surface area contributed by atoms with E-state index in [-0.39, 0.29) is 54.3 Å². The molecule has 0 aromatic carbocycles. The van der Waals surface area contributed by atoms with Gasteiger partial charge < -0.3 is 39.0 Å². The maximum Gasteiger partial charge on any atom is 0.308 e. The summed E-state index contributed by atoms with van der Waals surface area (Å²) in [5, 5.41) is 22.9. The molecule has 4 heterocycles. The monoisotopic (exact) mass is 636 g/mol. The van der Waals surface area contributed by atoms with Gasteiger partial charge in [0.2, 0.25) is 0 Å². The molecule has 0 aromatic rings. The van der Waals surface area contributed by atoms with E-state index in [0.717, 1.165) is 26.1 Å². The summed E-state index contributed by atoms with van der Waals surface area (Å²) >= 11 is 0. The van der Waals surface area contributed by atoms with Gasteiger partial charge in [-0.2, -0.15) is 0 Å². The number of fused-ring (bicyclic) bond motifs is 1. The van der Waals surface area contributed by atoms with Crippen molar-refractivity contribution in [1.82, 2.24) is 9.80 Å². The zero-order chi connectivity index (χ0) is 33.1. The van der Waals surface area contributed by atoms with Crippen molar-refractivity contribution in [1.29, 1.82) is 0 Å². The minimum Gasteiger partial charge on any atom is -0.462 e. The lowest BCUT2D eigenvalue weighted by molar-refractivity contribution is -0.283. The molecule has 0 radical (unpaired) electrons. The molecule has 10 nitrogen and oxygen atoms in total. The van der Waals surface area contributed by atoms with Crippen LogP contribution in [0.1, 0.15) is 86.5 Å². The molecular formula is C35H60N2O8. The van der Waals surface area contributed by atoms with Crippen LogP contribution in [0.4, 0.5) is 0 Å². The van der Waals surface area contributed by atoms with E-state index in [1.54, 1.807) is 6.08 Å². The number of aliphatic hydroxyl groups is 2. The molecule has 4 rings (SSSR count). The number of epoxide rings is 1. The fourth-order valence-electron chi connectivity index (χ4n) is 7.78. The van der Waals surface area contributed by atoms with E-state index in [9.17, 15) is 19.8 Å². The normalized spacial score (nSPS) is 44.9. The first-order valence-electron chi connectivity index (χ1n) is 17.4. The fourth-order valence-corrected chi connectivity index (χ4v) is 7.78. The highest BCUT2D eigenvalue weighted by atomic mass is 16.7. The Morgan fingerprint density at radius 2 is 1.76 bits per heavy atom. The topological polar surface area (TPSA) is 121 Å². The summed E-state index contributed by atoms with van der Waals surface area (Å²) in [6, 6.07) is -0.156. The molecule has 0 spiro atoms. The van der Waals surface area contributed by atoms with E-state index in [2.05, 4.69) is 4.90 Å². The van der Waals surface area contributed by atoms with Crippen molar-refractivity contribution >= 4 is 11.8 Å². The Kier molecular flexibility index (Phi) is 12.7. The Balaban J connectivity index is 1.67. The van der Waals surface area contributed by atoms with E-state index >= 15 is 0 Å². The van der Waals surface area contributed by atoms with Gasteiger partial charge in [0, 0.05) is 23.8 Å². The Morgan fingerprint density at radius 1 is 1.07 bits per heavy atom. The number of carbonyl (C=O) groups excluding carboxylic acids is 2. The Hall–Kier alpha value is -1.40. The van der Waals surface area contributed by atoms with Gasteiger partial charge >= 0.3 is 5.97 Å². The Labute approximate surface area is 270 Å². The lowest BCUT2D eigenvalue weighted by atomic mass is 9.79. The lowest BCUT2D eigenvalue weighted by Crippen LogP contribution is -2.56. The molecule has 4 aliphatic heterocycles. The first-order chi connectivity index (χ1) is 21.2. The van der Waals surface area contributed by atoms with E-state index in [4.69, 9.17) is 18.9 Å². The summed E-state index contributed by atoms with van der Waals surface area (Å²) in [4.78, 5) is 31.2. The van der Waals surface area contributed by atoms with Crippen LogP contribution >= 0.6 is 0 Å². The molecule has 1 unspecified atom stereocenters. The SMILES string of the molecule is CC[C@H]1OC(=O)CC(O)[C@H](C)[C@@H](O[C@@H]2O[C@H](C)C[C@H](N(C)C)[C@H]2O)[C@@H](CCN2CCCC2)C[C@@H](C)C(=O)/C=C/[C@]2(C)O[C@H]2[C@@H]1C. The number of ether oxygens (including phenoxy) is 4. The average Bonchev–Trinajstić information content (AvgIpc) is 3.38. The molecule has 0 bridgehead atoms. The minimum absolute atomic E-state index is 0.0251. The molecule has 10 heteroatoms. The lowest BCUT2D eigenvalue weighted by Gasteiger charge is -2.44. The van der Waals surface area contributed by atoms with Gasteiger partial charge in [0.1, 0.15) is 17.8 Å². The van der Waals surface area contributed by atoms with Gasteiger partial charge in [-0.05, 0) is 104 Å². The molecule has 45 heavy (non-hydrogen) atoms. The van der Waals surface area contributed by atoms with Crippen LogP contribution in [0.2, 0.25) is 0 Å². The van der Waals surface area contributed by atoms with Crippen molar-refractivity contribution in [3.63, 3.8) is 0 Å². The van der Waals surface area contributed by atoms with Crippen molar-refractivity contribution in [2.24, 2.45) is 23.7 Å². The number of carbonyl (C=O) groups is 2. The summed E-state index contributed by atoms with van der Waals surface area (Å²) in [7, 11) is 3.87. The maximum absolute atomic E-state index is 13.5. The molecule has 0 aliphatic carbocycles. The van der Waals surface area contributed by atoms with Gasteiger partial charge in [0.25, 0.3) is 0 Å². The molecule has 0 aromatic heterocycles. The second-order valence-electron chi connectivity index (χ2n) is 14.8. The highest BCUT2D eigenvalue weighted by Crippen LogP contribution is 2.45. The van der Waals surface area contributed by atoms with Crippen LogP contribution in [0.25, 0.3) is 0 Å². The predicted octanol–water partition coefficient (Wildman–Crippen LogP) is 3.57. The molecule has 13 atom stereocenters. The number of likely N-dealkylation sites (N-methyl/N-ethyl adjacent to an activating group) is 1. The standard InChI is InChI=1S/C35H60N2O8/c1-9-29-24(5)33-35(6,45-33)14-12-27(38)21(2)18-25(13-17-37-15-10-11-16-37)32(23(4)28(39)20-30(40)43-29)44-34-31(41)26(36(7)8)19-22(3)42-34/h12,14,21-26,28-29,31-34,39,41H,9-11,13,15-20H2,1-8H3/b14-12+/t21-,22-,23+,24-,25+,26+,28?,29-,31-,32-,33+,34+,35+/m1/s1. The van der Waals surface area contributed by atoms with Gasteiger partial charge in [-0.25, -0.2) is 0 Å². The van der Waals surface area contributed by atoms with E-state index in [1.807, 2.05) is 66.6 Å². The first-order valence-corrected chi connectivity index (χ1v) is 17.4. The third-order valence-corrected chi connectivity index (χ3v) is 10.9. The zero-order valence-corrected chi connectivity index (χ0v) is 28.9. The summed E-state index contributed by atoms with van der Waals surface area (Å²) in [6.07, 6.45) is 4.15. The van der Waals surface area contributed by atoms with E-state index in [0.29, 0.717) is 19.3 Å². The van der Waals surface area contributed by atoms with Crippen LogP contribution in [0.3, 0.4) is 0 Å². The summed E-state index contributed by atoms with van der Waals surface area (Å²) in [5.74, 6) is -1.44. The van der Waals surface area contributed by atoms with Crippen molar-refractivity contribution in [3.8, 4) is 0 Å². The van der Waals surface area contributed by atoms with Crippen molar-refractivity contribution in [2.45, 2.75) is 141 Å². The number of rotatable bonds is 7. The van der Waals surface area contributed by atoms with Gasteiger partial charge in [0.05, 0.1) is 30.8 Å². The van der Waals surface area contributed by atoms with E-state index < -0.39 is 42.1 Å². The minimum atomic E-state index is -1.05. The Morgan fingerprint density at radius 3 is 2.40 bits per heavy atom. The van der Waals surface area contributed by atoms with Crippen molar-refractivity contribution < 1.29 is 38.7 Å². The zero-order valence-electron chi connectivity index (χ0n) is 28.9. The van der Waals surface area contributed by atoms with Crippen LogP contribution < -0.4 is 0 Å². The molecule has 2 N–H and O–H groups in total. The number of hydrogen-bond donors (Lipinski definition) is 2. The molecule has 0 amide bonds. The number of esters is 1. The fraction of sp³-hybridized carbons (Fsp3) is 0.886. The third kappa shape index (κ3) is 9.15. The molecular weight excluding hydrogens is 576 g/mol. The number of likely N-dealkylation sites (tertiary alicyclic amines) is 1. The summed E-state index contributed by atoms with van der Waals surface area (Å²) < 4.78 is 24.9.